The van der Waals surface area contributed by atoms with Gasteiger partial charge in [0.1, 0.15) is 12.6 Å². The minimum Gasteiger partial charge on any atom is -0.354 e. The van der Waals surface area contributed by atoms with Gasteiger partial charge in [0.2, 0.25) is 11.8 Å². The first-order valence-corrected chi connectivity index (χ1v) is 14.4. The van der Waals surface area contributed by atoms with Crippen LogP contribution in [0.25, 0.3) is 0 Å². The van der Waals surface area contributed by atoms with Crippen LogP contribution >= 0.6 is 0 Å². The van der Waals surface area contributed by atoms with Crippen molar-refractivity contribution in [1.29, 1.82) is 0 Å². The van der Waals surface area contributed by atoms with Crippen LogP contribution in [-0.2, 0) is 26.2 Å². The van der Waals surface area contributed by atoms with E-state index < -0.39 is 28.5 Å². The summed E-state index contributed by atoms with van der Waals surface area (Å²) in [5.74, 6) is -0.698. The van der Waals surface area contributed by atoms with Crippen molar-refractivity contribution in [1.82, 2.24) is 10.2 Å². The Morgan fingerprint density at radius 1 is 0.868 bits per heavy atom. The molecule has 0 aliphatic rings. The van der Waals surface area contributed by atoms with Crippen molar-refractivity contribution >= 4 is 27.5 Å². The van der Waals surface area contributed by atoms with Crippen molar-refractivity contribution < 1.29 is 18.0 Å². The number of anilines is 1. The van der Waals surface area contributed by atoms with Crippen LogP contribution in [0.15, 0.2) is 83.8 Å². The number of benzene rings is 3. The zero-order valence-corrected chi connectivity index (χ0v) is 23.4. The van der Waals surface area contributed by atoms with Crippen LogP contribution in [0.4, 0.5) is 5.69 Å². The molecular weight excluding hydrogens is 498 g/mol. The van der Waals surface area contributed by atoms with E-state index in [4.69, 9.17) is 0 Å². The predicted molar refractivity (Wildman–Crippen MR) is 151 cm³/mol. The van der Waals surface area contributed by atoms with E-state index in [0.29, 0.717) is 18.7 Å². The monoisotopic (exact) mass is 535 g/mol. The number of hydrogen-bond donors (Lipinski definition) is 1. The summed E-state index contributed by atoms with van der Waals surface area (Å²) in [7, 11) is -4.06. The summed E-state index contributed by atoms with van der Waals surface area (Å²) < 4.78 is 28.7. The Kier molecular flexibility index (Phi) is 10.1. The zero-order chi connectivity index (χ0) is 27.7. The molecule has 0 bridgehead atoms. The molecular formula is C30H37N3O4S. The van der Waals surface area contributed by atoms with Gasteiger partial charge in [-0.1, -0.05) is 74.0 Å². The van der Waals surface area contributed by atoms with Gasteiger partial charge in [0.05, 0.1) is 10.6 Å². The third kappa shape index (κ3) is 7.01. The Bertz CT molecular complexity index is 1330. The van der Waals surface area contributed by atoms with Gasteiger partial charge in [-0.2, -0.15) is 0 Å². The zero-order valence-electron chi connectivity index (χ0n) is 22.6. The van der Waals surface area contributed by atoms with E-state index in [9.17, 15) is 18.0 Å². The van der Waals surface area contributed by atoms with E-state index in [2.05, 4.69) is 5.32 Å². The standard InChI is InChI=1S/C30H37N3O4S/c1-5-20-31-30(35)28(6-2)32(21-25-13-11-10-12-24(25)4)29(34)22-33(26-18-16-23(3)17-19-26)38(36,37)27-14-8-7-9-15-27/h7-19,28H,5-6,20-22H2,1-4H3,(H,31,35)/t28-/m0/s1. The maximum atomic E-state index is 14.0. The summed E-state index contributed by atoms with van der Waals surface area (Å²) in [6, 6.07) is 22.0. The quantitative estimate of drug-likeness (QED) is 0.360. The van der Waals surface area contributed by atoms with Gasteiger partial charge in [0.15, 0.2) is 0 Å². The number of sulfonamides is 1. The molecule has 3 aromatic carbocycles. The second-order valence-corrected chi connectivity index (χ2v) is 11.2. The number of amides is 2. The first-order chi connectivity index (χ1) is 18.2. The minimum absolute atomic E-state index is 0.0894. The Balaban J connectivity index is 2.04. The Morgan fingerprint density at radius 2 is 1.50 bits per heavy atom. The highest BCUT2D eigenvalue weighted by atomic mass is 32.2. The van der Waals surface area contributed by atoms with Crippen molar-refractivity contribution in [3.63, 3.8) is 0 Å². The largest absolute Gasteiger partial charge is 0.354 e. The molecule has 7 nitrogen and oxygen atoms in total. The van der Waals surface area contributed by atoms with Crippen molar-refractivity contribution in [3.8, 4) is 0 Å². The summed E-state index contributed by atoms with van der Waals surface area (Å²) >= 11 is 0. The van der Waals surface area contributed by atoms with Crippen molar-refractivity contribution in [2.24, 2.45) is 0 Å². The number of hydrogen-bond acceptors (Lipinski definition) is 4. The molecule has 1 atom stereocenters. The lowest BCUT2D eigenvalue weighted by molar-refractivity contribution is -0.140. The highest BCUT2D eigenvalue weighted by molar-refractivity contribution is 7.92. The maximum Gasteiger partial charge on any atom is 0.264 e. The van der Waals surface area contributed by atoms with Crippen LogP contribution in [0.5, 0.6) is 0 Å². The lowest BCUT2D eigenvalue weighted by Crippen LogP contribution is -2.52. The van der Waals surface area contributed by atoms with Gasteiger partial charge in [-0.15, -0.1) is 0 Å². The third-order valence-corrected chi connectivity index (χ3v) is 8.26. The fraction of sp³-hybridized carbons (Fsp3) is 0.333. The second-order valence-electron chi connectivity index (χ2n) is 9.32. The lowest BCUT2D eigenvalue weighted by Gasteiger charge is -2.33. The number of carbonyl (C=O) groups excluding carboxylic acids is 2. The van der Waals surface area contributed by atoms with Gasteiger partial charge in [-0.05, 0) is 62.1 Å². The normalized spacial score (nSPS) is 12.0. The molecule has 202 valence electrons. The molecule has 0 spiro atoms. The minimum atomic E-state index is -4.06. The van der Waals surface area contributed by atoms with Crippen LogP contribution in [0, 0.1) is 13.8 Å². The molecule has 0 fully saturated rings. The first-order valence-electron chi connectivity index (χ1n) is 12.9. The van der Waals surface area contributed by atoms with Crippen LogP contribution in [0.1, 0.15) is 43.4 Å². The van der Waals surface area contributed by atoms with E-state index in [1.165, 1.54) is 17.0 Å². The third-order valence-electron chi connectivity index (χ3n) is 6.47. The highest BCUT2D eigenvalue weighted by Crippen LogP contribution is 2.25. The predicted octanol–water partition coefficient (Wildman–Crippen LogP) is 4.83. The summed E-state index contributed by atoms with van der Waals surface area (Å²) in [4.78, 5) is 28.7. The number of rotatable bonds is 12. The molecule has 0 radical (unpaired) electrons. The highest BCUT2D eigenvalue weighted by Gasteiger charge is 2.33. The van der Waals surface area contributed by atoms with Crippen molar-refractivity contribution in [2.45, 2.75) is 58.0 Å². The molecule has 0 saturated carbocycles. The molecule has 8 heteroatoms. The van der Waals surface area contributed by atoms with Crippen LogP contribution in [0.2, 0.25) is 0 Å². The smallest absolute Gasteiger partial charge is 0.264 e. The summed E-state index contributed by atoms with van der Waals surface area (Å²) in [5, 5.41) is 2.90. The van der Waals surface area contributed by atoms with Crippen molar-refractivity contribution in [2.75, 3.05) is 17.4 Å². The fourth-order valence-electron chi connectivity index (χ4n) is 4.22. The Morgan fingerprint density at radius 3 is 2.11 bits per heavy atom. The van der Waals surface area contributed by atoms with E-state index in [-0.39, 0.29) is 17.3 Å². The summed E-state index contributed by atoms with van der Waals surface area (Å²) in [6.45, 7) is 7.93. The van der Waals surface area contributed by atoms with Gasteiger partial charge in [0, 0.05) is 13.1 Å². The van der Waals surface area contributed by atoms with Crippen molar-refractivity contribution in [3.05, 3.63) is 95.6 Å². The molecule has 0 aliphatic heterocycles. The van der Waals surface area contributed by atoms with Gasteiger partial charge in [0.25, 0.3) is 10.0 Å². The molecule has 3 rings (SSSR count). The molecule has 1 N–H and O–H groups in total. The lowest BCUT2D eigenvalue weighted by atomic mass is 10.1. The SMILES string of the molecule is CCCNC(=O)[C@H](CC)N(Cc1ccccc1C)C(=O)CN(c1ccc(C)cc1)S(=O)(=O)c1ccccc1. The van der Waals surface area contributed by atoms with Gasteiger partial charge in [-0.25, -0.2) is 8.42 Å². The van der Waals surface area contributed by atoms with Crippen LogP contribution in [0.3, 0.4) is 0 Å². The van der Waals surface area contributed by atoms with E-state index in [1.54, 1.807) is 30.3 Å². The number of aryl methyl sites for hydroxylation is 2. The average molecular weight is 536 g/mol. The van der Waals surface area contributed by atoms with Crippen LogP contribution in [-0.4, -0.2) is 44.3 Å². The van der Waals surface area contributed by atoms with E-state index >= 15 is 0 Å². The number of nitrogens with one attached hydrogen (secondary N) is 1. The average Bonchev–Trinajstić information content (AvgIpc) is 2.92. The summed E-state index contributed by atoms with van der Waals surface area (Å²) in [5.41, 5.74) is 3.24. The number of carbonyl (C=O) groups is 2. The molecule has 0 aromatic heterocycles. The summed E-state index contributed by atoms with van der Waals surface area (Å²) in [6.07, 6.45) is 1.16. The Labute approximate surface area is 226 Å². The first kappa shape index (κ1) is 28.9. The maximum absolute atomic E-state index is 14.0. The molecule has 2 amide bonds. The second kappa shape index (κ2) is 13.2. The number of nitrogens with zero attached hydrogens (tertiary/aromatic N) is 2. The molecule has 0 unspecified atom stereocenters. The van der Waals surface area contributed by atoms with E-state index in [1.807, 2.05) is 64.1 Å². The molecule has 0 aliphatic carbocycles. The topological polar surface area (TPSA) is 86.8 Å². The van der Waals surface area contributed by atoms with Gasteiger partial charge in [-0.3, -0.25) is 13.9 Å². The molecule has 38 heavy (non-hydrogen) atoms. The molecule has 0 saturated heterocycles. The fourth-order valence-corrected chi connectivity index (χ4v) is 5.65. The van der Waals surface area contributed by atoms with Crippen LogP contribution < -0.4 is 9.62 Å². The molecule has 0 heterocycles. The van der Waals surface area contributed by atoms with Gasteiger partial charge < -0.3 is 10.2 Å². The van der Waals surface area contributed by atoms with E-state index in [0.717, 1.165) is 27.4 Å². The molecule has 3 aromatic rings. The Hall–Kier alpha value is -3.65. The van der Waals surface area contributed by atoms with Gasteiger partial charge >= 0.3 is 0 Å².